The van der Waals surface area contributed by atoms with Crippen LogP contribution >= 0.6 is 0 Å². The largest absolute Gasteiger partial charge is 0.496 e. The van der Waals surface area contributed by atoms with Crippen LogP contribution in [0.25, 0.3) is 0 Å². The second-order valence-electron chi connectivity index (χ2n) is 8.15. The molecule has 0 N–H and O–H groups in total. The third kappa shape index (κ3) is 4.13. The number of rotatable bonds is 4. The van der Waals surface area contributed by atoms with Gasteiger partial charge in [-0.2, -0.15) is 0 Å². The number of para-hydroxylation sites is 1. The number of amides is 1. The average Bonchev–Trinajstić information content (AvgIpc) is 2.73. The van der Waals surface area contributed by atoms with Gasteiger partial charge in [0.15, 0.2) is 5.82 Å². The molecule has 1 unspecified atom stereocenters. The highest BCUT2D eigenvalue weighted by molar-refractivity contribution is 5.73. The molecular formula is C23H30N4O2. The monoisotopic (exact) mass is 394 g/mol. The van der Waals surface area contributed by atoms with E-state index in [1.165, 1.54) is 11.1 Å². The number of benzene rings is 1. The first-order valence-electron chi connectivity index (χ1n) is 10.5. The summed E-state index contributed by atoms with van der Waals surface area (Å²) in [4.78, 5) is 26.0. The first-order valence-corrected chi connectivity index (χ1v) is 10.5. The van der Waals surface area contributed by atoms with Crippen molar-refractivity contribution >= 4 is 5.91 Å². The molecule has 29 heavy (non-hydrogen) atoms. The molecule has 0 aliphatic carbocycles. The van der Waals surface area contributed by atoms with Crippen molar-refractivity contribution in [3.05, 3.63) is 52.6 Å². The van der Waals surface area contributed by atoms with E-state index in [1.54, 1.807) is 14.0 Å². The van der Waals surface area contributed by atoms with E-state index in [4.69, 9.17) is 9.72 Å². The van der Waals surface area contributed by atoms with Gasteiger partial charge in [0.25, 0.3) is 0 Å². The topological polar surface area (TPSA) is 58.6 Å². The van der Waals surface area contributed by atoms with Crippen LogP contribution < -0.4 is 4.74 Å². The zero-order valence-corrected chi connectivity index (χ0v) is 17.6. The van der Waals surface area contributed by atoms with Gasteiger partial charge >= 0.3 is 0 Å². The SMILES string of the molecule is COc1c(C)cccc1CN1CCc2nc(C3CCCCN3C(C)=O)ncc2C1. The second-order valence-corrected chi connectivity index (χ2v) is 8.15. The van der Waals surface area contributed by atoms with Crippen LogP contribution in [-0.4, -0.2) is 45.9 Å². The lowest BCUT2D eigenvalue weighted by atomic mass is 10.00. The molecule has 0 spiro atoms. The molecule has 2 aliphatic heterocycles. The van der Waals surface area contributed by atoms with Crippen molar-refractivity contribution in [1.29, 1.82) is 0 Å². The fraction of sp³-hybridized carbons (Fsp3) is 0.522. The van der Waals surface area contributed by atoms with E-state index in [1.807, 2.05) is 11.1 Å². The molecule has 1 atom stereocenters. The number of piperidine rings is 1. The molecule has 2 aliphatic rings. The Morgan fingerprint density at radius 3 is 2.93 bits per heavy atom. The maximum atomic E-state index is 12.0. The number of fused-ring (bicyclic) bond motifs is 1. The summed E-state index contributed by atoms with van der Waals surface area (Å²) in [6, 6.07) is 6.34. The summed E-state index contributed by atoms with van der Waals surface area (Å²) in [6.45, 7) is 7.20. The van der Waals surface area contributed by atoms with Crippen LogP contribution in [0.4, 0.5) is 0 Å². The first-order chi connectivity index (χ1) is 14.1. The highest BCUT2D eigenvalue weighted by atomic mass is 16.5. The lowest BCUT2D eigenvalue weighted by Crippen LogP contribution is -2.38. The van der Waals surface area contributed by atoms with Gasteiger partial charge in [-0.3, -0.25) is 9.69 Å². The number of nitrogens with zero attached hydrogens (tertiary/aromatic N) is 4. The highest BCUT2D eigenvalue weighted by Crippen LogP contribution is 2.31. The minimum atomic E-state index is 0.0288. The molecule has 6 heteroatoms. The standard InChI is InChI=1S/C23H30N4O2/c1-16-7-6-8-18(22(16)29-3)14-26-12-10-20-19(15-26)13-24-23(25-20)21-9-4-5-11-27(21)17(2)28/h6-8,13,21H,4-5,9-12,14-15H2,1-3H3. The average molecular weight is 395 g/mol. The van der Waals surface area contributed by atoms with Crippen LogP contribution in [0.3, 0.4) is 0 Å². The summed E-state index contributed by atoms with van der Waals surface area (Å²) < 4.78 is 5.62. The van der Waals surface area contributed by atoms with Gasteiger partial charge in [-0.15, -0.1) is 0 Å². The number of methoxy groups -OCH3 is 1. The van der Waals surface area contributed by atoms with Gasteiger partial charge in [-0.25, -0.2) is 9.97 Å². The van der Waals surface area contributed by atoms with Crippen LogP contribution in [0.2, 0.25) is 0 Å². The van der Waals surface area contributed by atoms with E-state index in [0.717, 1.165) is 74.7 Å². The van der Waals surface area contributed by atoms with Crippen molar-refractivity contribution < 1.29 is 9.53 Å². The summed E-state index contributed by atoms with van der Waals surface area (Å²) in [7, 11) is 1.74. The molecule has 1 aromatic heterocycles. The normalized spacial score (nSPS) is 19.7. The van der Waals surface area contributed by atoms with Crippen molar-refractivity contribution in [3.63, 3.8) is 0 Å². The van der Waals surface area contributed by atoms with Gasteiger partial charge in [0.05, 0.1) is 13.2 Å². The number of likely N-dealkylation sites (tertiary alicyclic amines) is 1. The first kappa shape index (κ1) is 19.8. The molecule has 1 amide bonds. The predicted molar refractivity (Wildman–Crippen MR) is 112 cm³/mol. The van der Waals surface area contributed by atoms with E-state index in [0.29, 0.717) is 0 Å². The van der Waals surface area contributed by atoms with Crippen molar-refractivity contribution in [3.8, 4) is 5.75 Å². The van der Waals surface area contributed by atoms with Crippen LogP contribution in [0.1, 0.15) is 60.4 Å². The third-order valence-electron chi connectivity index (χ3n) is 6.13. The lowest BCUT2D eigenvalue weighted by molar-refractivity contribution is -0.132. The van der Waals surface area contributed by atoms with Gasteiger partial charge < -0.3 is 9.64 Å². The maximum Gasteiger partial charge on any atom is 0.220 e. The molecule has 3 heterocycles. The summed E-state index contributed by atoms with van der Waals surface area (Å²) in [5.74, 6) is 1.91. The molecule has 154 valence electrons. The third-order valence-corrected chi connectivity index (χ3v) is 6.13. The molecule has 0 saturated carbocycles. The maximum absolute atomic E-state index is 12.0. The smallest absolute Gasteiger partial charge is 0.220 e. The summed E-state index contributed by atoms with van der Waals surface area (Å²) in [6.07, 6.45) is 6.03. The van der Waals surface area contributed by atoms with Gasteiger partial charge in [-0.05, 0) is 31.7 Å². The number of carbonyl (C=O) groups is 1. The van der Waals surface area contributed by atoms with Crippen molar-refractivity contribution in [1.82, 2.24) is 19.8 Å². The summed E-state index contributed by atoms with van der Waals surface area (Å²) >= 11 is 0. The van der Waals surface area contributed by atoms with E-state index in [2.05, 4.69) is 35.0 Å². The Kier molecular flexibility index (Phi) is 5.81. The minimum Gasteiger partial charge on any atom is -0.496 e. The highest BCUT2D eigenvalue weighted by Gasteiger charge is 2.29. The number of carbonyl (C=O) groups excluding carboxylic acids is 1. The van der Waals surface area contributed by atoms with Crippen LogP contribution in [0.5, 0.6) is 5.75 Å². The molecule has 1 saturated heterocycles. The van der Waals surface area contributed by atoms with E-state index >= 15 is 0 Å². The van der Waals surface area contributed by atoms with Crippen molar-refractivity contribution in [2.24, 2.45) is 0 Å². The van der Waals surface area contributed by atoms with E-state index in [9.17, 15) is 4.79 Å². The van der Waals surface area contributed by atoms with Gasteiger partial charge in [0, 0.05) is 62.5 Å². The van der Waals surface area contributed by atoms with Gasteiger partial charge in [0.1, 0.15) is 5.75 Å². The molecule has 0 radical (unpaired) electrons. The minimum absolute atomic E-state index is 0.0288. The number of hydrogen-bond donors (Lipinski definition) is 0. The Morgan fingerprint density at radius 1 is 1.28 bits per heavy atom. The number of hydrogen-bond acceptors (Lipinski definition) is 5. The Balaban J connectivity index is 1.50. The van der Waals surface area contributed by atoms with Crippen molar-refractivity contribution in [2.75, 3.05) is 20.2 Å². The number of aryl methyl sites for hydroxylation is 1. The van der Waals surface area contributed by atoms with E-state index in [-0.39, 0.29) is 11.9 Å². The molecule has 4 rings (SSSR count). The Bertz CT molecular complexity index is 898. The fourth-order valence-corrected chi connectivity index (χ4v) is 4.63. The Labute approximate surface area is 172 Å². The Hall–Kier alpha value is -2.47. The summed E-state index contributed by atoms with van der Waals surface area (Å²) in [5.41, 5.74) is 4.71. The molecule has 1 aromatic carbocycles. The molecular weight excluding hydrogens is 364 g/mol. The lowest BCUT2D eigenvalue weighted by Gasteiger charge is -2.35. The zero-order valence-electron chi connectivity index (χ0n) is 17.6. The molecule has 6 nitrogen and oxygen atoms in total. The van der Waals surface area contributed by atoms with Crippen LogP contribution in [0, 0.1) is 6.92 Å². The molecule has 2 aromatic rings. The molecule has 1 fully saturated rings. The van der Waals surface area contributed by atoms with Gasteiger partial charge in [-0.1, -0.05) is 18.2 Å². The number of aromatic nitrogens is 2. The summed E-state index contributed by atoms with van der Waals surface area (Å²) in [5, 5.41) is 0. The zero-order chi connectivity index (χ0) is 20.4. The van der Waals surface area contributed by atoms with Crippen LogP contribution in [-0.2, 0) is 24.3 Å². The van der Waals surface area contributed by atoms with Gasteiger partial charge in [0.2, 0.25) is 5.91 Å². The van der Waals surface area contributed by atoms with Crippen LogP contribution in [0.15, 0.2) is 24.4 Å². The van der Waals surface area contributed by atoms with E-state index < -0.39 is 0 Å². The fourth-order valence-electron chi connectivity index (χ4n) is 4.63. The quantitative estimate of drug-likeness (QED) is 0.795. The predicted octanol–water partition coefficient (Wildman–Crippen LogP) is 3.43. The van der Waals surface area contributed by atoms with Crippen molar-refractivity contribution in [2.45, 2.75) is 58.7 Å². The Morgan fingerprint density at radius 2 is 2.14 bits per heavy atom. The second kappa shape index (κ2) is 8.49. The molecule has 0 bridgehead atoms. The number of ether oxygens (including phenoxy) is 1.